The topological polar surface area (TPSA) is 92.7 Å². The van der Waals surface area contributed by atoms with Gasteiger partial charge in [0, 0.05) is 0 Å². The Bertz CT molecular complexity index is 880. The summed E-state index contributed by atoms with van der Waals surface area (Å²) in [5.74, 6) is -2.22. The molecule has 0 amide bonds. The second-order valence-corrected chi connectivity index (χ2v) is 6.53. The molecule has 8 heteroatoms. The molecule has 2 rings (SSSR count). The molecule has 0 fully saturated rings. The quantitative estimate of drug-likeness (QED) is 0.833. The number of benzene rings is 2. The van der Waals surface area contributed by atoms with E-state index in [1.807, 2.05) is 6.92 Å². The minimum Gasteiger partial charge on any atom is -0.495 e. The average molecular weight is 353 g/mol. The maximum absolute atomic E-state index is 13.8. The second-order valence-electron chi connectivity index (χ2n) is 4.88. The fourth-order valence-electron chi connectivity index (χ4n) is 2.30. The van der Waals surface area contributed by atoms with Crippen LogP contribution in [0.1, 0.15) is 22.8 Å². The fourth-order valence-corrected chi connectivity index (χ4v) is 3.45. The van der Waals surface area contributed by atoms with E-state index in [4.69, 9.17) is 4.74 Å². The number of carbonyl (C=O) groups is 1. The van der Waals surface area contributed by atoms with Gasteiger partial charge < -0.3 is 9.84 Å². The Kier molecular flexibility index (Phi) is 5.08. The average Bonchev–Trinajstić information content (AvgIpc) is 2.53. The number of methoxy groups -OCH3 is 1. The van der Waals surface area contributed by atoms with Crippen LogP contribution in [0.5, 0.6) is 5.75 Å². The van der Waals surface area contributed by atoms with Crippen molar-refractivity contribution in [1.82, 2.24) is 0 Å². The molecule has 0 radical (unpaired) electrons. The first kappa shape index (κ1) is 17.7. The van der Waals surface area contributed by atoms with Gasteiger partial charge in [-0.3, -0.25) is 4.72 Å². The zero-order valence-electron chi connectivity index (χ0n) is 13.0. The van der Waals surface area contributed by atoms with Gasteiger partial charge in [-0.1, -0.05) is 25.1 Å². The number of rotatable bonds is 6. The van der Waals surface area contributed by atoms with Gasteiger partial charge in [0.15, 0.2) is 0 Å². The summed E-state index contributed by atoms with van der Waals surface area (Å²) in [6.07, 6.45) is 0.504. The molecule has 0 saturated heterocycles. The van der Waals surface area contributed by atoms with Gasteiger partial charge in [0.05, 0.1) is 12.8 Å². The Hall–Kier alpha value is -2.61. The van der Waals surface area contributed by atoms with Crippen molar-refractivity contribution < 1.29 is 27.4 Å². The highest BCUT2D eigenvalue weighted by molar-refractivity contribution is 7.92. The number of anilines is 1. The van der Waals surface area contributed by atoms with Crippen LogP contribution in [0.4, 0.5) is 10.1 Å². The van der Waals surface area contributed by atoms with Crippen LogP contribution in [0.3, 0.4) is 0 Å². The van der Waals surface area contributed by atoms with E-state index in [0.717, 1.165) is 12.1 Å². The van der Waals surface area contributed by atoms with E-state index in [-0.39, 0.29) is 17.0 Å². The molecule has 0 unspecified atom stereocenters. The predicted octanol–water partition coefficient (Wildman–Crippen LogP) is 2.90. The minimum absolute atomic E-state index is 0.0683. The van der Waals surface area contributed by atoms with E-state index in [0.29, 0.717) is 12.0 Å². The monoisotopic (exact) mass is 353 g/mol. The Morgan fingerprint density at radius 2 is 1.92 bits per heavy atom. The molecular weight excluding hydrogens is 337 g/mol. The third kappa shape index (κ3) is 3.33. The second kappa shape index (κ2) is 6.88. The zero-order valence-corrected chi connectivity index (χ0v) is 13.9. The van der Waals surface area contributed by atoms with E-state index >= 15 is 0 Å². The van der Waals surface area contributed by atoms with Crippen molar-refractivity contribution in [3.05, 3.63) is 53.3 Å². The molecule has 0 bridgehead atoms. The predicted molar refractivity (Wildman–Crippen MR) is 86.5 cm³/mol. The van der Waals surface area contributed by atoms with Gasteiger partial charge in [0.1, 0.15) is 22.0 Å². The van der Waals surface area contributed by atoms with Crippen LogP contribution in [0, 0.1) is 5.82 Å². The van der Waals surface area contributed by atoms with Gasteiger partial charge in [-0.05, 0) is 30.2 Å². The Morgan fingerprint density at radius 3 is 2.46 bits per heavy atom. The lowest BCUT2D eigenvalue weighted by Gasteiger charge is -2.16. The first-order chi connectivity index (χ1) is 11.3. The smallest absolute Gasteiger partial charge is 0.341 e. The SMILES string of the molecule is CCc1ccc(NS(=O)(=O)c2ccccc2F)c(C(=O)O)c1OC. The maximum atomic E-state index is 13.8. The van der Waals surface area contributed by atoms with Crippen molar-refractivity contribution in [3.63, 3.8) is 0 Å². The Labute approximate surface area is 138 Å². The van der Waals surface area contributed by atoms with Crippen LogP contribution in [0.15, 0.2) is 41.3 Å². The fraction of sp³-hybridized carbons (Fsp3) is 0.188. The van der Waals surface area contributed by atoms with Crippen molar-refractivity contribution in [1.29, 1.82) is 0 Å². The molecule has 0 saturated carbocycles. The van der Waals surface area contributed by atoms with Crippen molar-refractivity contribution >= 4 is 21.7 Å². The summed E-state index contributed by atoms with van der Waals surface area (Å²) in [6.45, 7) is 1.81. The molecule has 0 spiro atoms. The summed E-state index contributed by atoms with van der Waals surface area (Å²) in [6, 6.07) is 7.71. The maximum Gasteiger partial charge on any atom is 0.341 e. The minimum atomic E-state index is -4.29. The number of hydrogen-bond donors (Lipinski definition) is 2. The van der Waals surface area contributed by atoms with Crippen LogP contribution in [-0.4, -0.2) is 26.6 Å². The third-order valence-electron chi connectivity index (χ3n) is 3.41. The number of ether oxygens (including phenoxy) is 1. The molecule has 0 heterocycles. The van der Waals surface area contributed by atoms with Gasteiger partial charge in [-0.15, -0.1) is 0 Å². The molecule has 128 valence electrons. The summed E-state index contributed by atoms with van der Waals surface area (Å²) in [5.41, 5.74) is 0.0975. The van der Waals surface area contributed by atoms with E-state index in [1.54, 1.807) is 6.07 Å². The highest BCUT2D eigenvalue weighted by atomic mass is 32.2. The van der Waals surface area contributed by atoms with Gasteiger partial charge in [-0.25, -0.2) is 17.6 Å². The third-order valence-corrected chi connectivity index (χ3v) is 4.81. The standard InChI is InChI=1S/C16H16FNO5S/c1-3-10-8-9-12(14(16(19)20)15(10)23-2)18-24(21,22)13-7-5-4-6-11(13)17/h4-9,18H,3H2,1-2H3,(H,19,20). The highest BCUT2D eigenvalue weighted by Gasteiger charge is 2.25. The molecule has 24 heavy (non-hydrogen) atoms. The Morgan fingerprint density at radius 1 is 1.25 bits per heavy atom. The normalized spacial score (nSPS) is 11.1. The van der Waals surface area contributed by atoms with E-state index < -0.39 is 26.7 Å². The van der Waals surface area contributed by atoms with Gasteiger partial charge in [0.2, 0.25) is 0 Å². The number of hydrogen-bond acceptors (Lipinski definition) is 4. The lowest BCUT2D eigenvalue weighted by Crippen LogP contribution is -2.17. The van der Waals surface area contributed by atoms with Crippen LogP contribution < -0.4 is 9.46 Å². The lowest BCUT2D eigenvalue weighted by atomic mass is 10.0. The Balaban J connectivity index is 2.58. The lowest BCUT2D eigenvalue weighted by molar-refractivity contribution is 0.0694. The number of aryl methyl sites for hydroxylation is 1. The van der Waals surface area contributed by atoms with Gasteiger partial charge in [0.25, 0.3) is 10.0 Å². The van der Waals surface area contributed by atoms with Crippen molar-refractivity contribution in [3.8, 4) is 5.75 Å². The van der Waals surface area contributed by atoms with Gasteiger partial charge in [-0.2, -0.15) is 0 Å². The molecule has 0 atom stereocenters. The number of carboxylic acid groups (broad SMARTS) is 1. The van der Waals surface area contributed by atoms with E-state index in [1.165, 1.54) is 25.3 Å². The van der Waals surface area contributed by atoms with Crippen molar-refractivity contribution in [2.45, 2.75) is 18.2 Å². The molecule has 0 aliphatic carbocycles. The molecule has 0 aromatic heterocycles. The zero-order chi connectivity index (χ0) is 17.9. The number of nitrogens with one attached hydrogen (secondary N) is 1. The molecule has 2 aromatic carbocycles. The molecule has 0 aliphatic rings. The van der Waals surface area contributed by atoms with Crippen LogP contribution in [-0.2, 0) is 16.4 Å². The van der Waals surface area contributed by atoms with Crippen LogP contribution in [0.2, 0.25) is 0 Å². The summed E-state index contributed by atoms with van der Waals surface area (Å²) in [7, 11) is -2.99. The summed E-state index contributed by atoms with van der Waals surface area (Å²) >= 11 is 0. The number of carboxylic acids is 1. The molecule has 6 nitrogen and oxygen atoms in total. The van der Waals surface area contributed by atoms with Crippen LogP contribution >= 0.6 is 0 Å². The molecule has 2 aromatic rings. The summed E-state index contributed by atoms with van der Waals surface area (Å²) in [4.78, 5) is 11.0. The summed E-state index contributed by atoms with van der Waals surface area (Å²) < 4.78 is 45.7. The van der Waals surface area contributed by atoms with Crippen molar-refractivity contribution in [2.24, 2.45) is 0 Å². The number of halogens is 1. The molecule has 0 aliphatic heterocycles. The van der Waals surface area contributed by atoms with E-state index in [9.17, 15) is 22.7 Å². The van der Waals surface area contributed by atoms with E-state index in [2.05, 4.69) is 4.72 Å². The number of aromatic carboxylic acids is 1. The first-order valence-corrected chi connectivity index (χ1v) is 8.50. The van der Waals surface area contributed by atoms with Crippen LogP contribution in [0.25, 0.3) is 0 Å². The van der Waals surface area contributed by atoms with Crippen molar-refractivity contribution in [2.75, 3.05) is 11.8 Å². The van der Waals surface area contributed by atoms with Gasteiger partial charge >= 0.3 is 5.97 Å². The highest BCUT2D eigenvalue weighted by Crippen LogP contribution is 2.32. The summed E-state index contributed by atoms with van der Waals surface area (Å²) in [5, 5.41) is 9.43. The molecular formula is C16H16FNO5S. The first-order valence-electron chi connectivity index (χ1n) is 7.02. The molecule has 2 N–H and O–H groups in total. The number of sulfonamides is 1. The largest absolute Gasteiger partial charge is 0.495 e.